The highest BCUT2D eigenvalue weighted by molar-refractivity contribution is 5.76. The molecular formula is C69H129NO8. The van der Waals surface area contributed by atoms with E-state index in [2.05, 4.69) is 67.8 Å². The predicted octanol–water partition coefficient (Wildman–Crippen LogP) is 18.0. The van der Waals surface area contributed by atoms with E-state index in [0.717, 1.165) is 64.2 Å². The molecule has 1 fully saturated rings. The van der Waals surface area contributed by atoms with Crippen molar-refractivity contribution in [1.82, 2.24) is 5.32 Å². The monoisotopic (exact) mass is 1100 g/mol. The Morgan fingerprint density at radius 2 is 0.795 bits per heavy atom. The van der Waals surface area contributed by atoms with Gasteiger partial charge >= 0.3 is 0 Å². The first-order chi connectivity index (χ1) is 38.3. The van der Waals surface area contributed by atoms with Crippen LogP contribution in [0.2, 0.25) is 0 Å². The molecule has 1 saturated heterocycles. The molecule has 0 aromatic rings. The third kappa shape index (κ3) is 46.7. The number of hydrogen-bond donors (Lipinski definition) is 6. The van der Waals surface area contributed by atoms with E-state index in [1.807, 2.05) is 0 Å². The normalized spacial score (nSPS) is 18.9. The molecule has 0 aromatic heterocycles. The molecule has 9 nitrogen and oxygen atoms in total. The average molecular weight is 1100 g/mol. The van der Waals surface area contributed by atoms with Gasteiger partial charge in [0.2, 0.25) is 5.91 Å². The second-order valence-corrected chi connectivity index (χ2v) is 23.6. The molecule has 7 atom stereocenters. The third-order valence-electron chi connectivity index (χ3n) is 16.2. The number of aliphatic hydroxyl groups is 5. The van der Waals surface area contributed by atoms with Gasteiger partial charge < -0.3 is 40.3 Å². The largest absolute Gasteiger partial charge is 0.394 e. The van der Waals surface area contributed by atoms with Crippen molar-refractivity contribution in [1.29, 1.82) is 0 Å². The van der Waals surface area contributed by atoms with Gasteiger partial charge in [0.1, 0.15) is 24.4 Å². The van der Waals surface area contributed by atoms with E-state index in [1.165, 1.54) is 238 Å². The fourth-order valence-corrected chi connectivity index (χ4v) is 10.9. The highest BCUT2D eigenvalue weighted by Gasteiger charge is 2.44. The molecule has 0 aliphatic carbocycles. The number of carbonyl (C=O) groups is 1. The van der Waals surface area contributed by atoms with E-state index in [4.69, 9.17) is 9.47 Å². The number of nitrogens with one attached hydrogen (secondary N) is 1. The molecule has 0 radical (unpaired) electrons. The first kappa shape index (κ1) is 74.2. The summed E-state index contributed by atoms with van der Waals surface area (Å²) in [5, 5.41) is 54.9. The second-order valence-electron chi connectivity index (χ2n) is 23.6. The molecule has 1 rings (SSSR count). The van der Waals surface area contributed by atoms with Gasteiger partial charge in [0.05, 0.1) is 25.4 Å². The molecule has 1 amide bonds. The third-order valence-corrected chi connectivity index (χ3v) is 16.2. The van der Waals surface area contributed by atoms with E-state index in [1.54, 1.807) is 0 Å². The van der Waals surface area contributed by atoms with Crippen LogP contribution in [0.15, 0.2) is 48.6 Å². The van der Waals surface area contributed by atoms with Crippen LogP contribution < -0.4 is 5.32 Å². The lowest BCUT2D eigenvalue weighted by Crippen LogP contribution is -2.60. The first-order valence-corrected chi connectivity index (χ1v) is 33.8. The number of hydrogen-bond acceptors (Lipinski definition) is 8. The molecule has 1 aliphatic rings. The van der Waals surface area contributed by atoms with Crippen LogP contribution in [-0.2, 0) is 14.3 Å². The highest BCUT2D eigenvalue weighted by Crippen LogP contribution is 2.24. The molecule has 1 heterocycles. The fraction of sp³-hybridized carbons (Fsp3) is 0.870. The van der Waals surface area contributed by atoms with E-state index in [9.17, 15) is 30.3 Å². The Morgan fingerprint density at radius 3 is 1.18 bits per heavy atom. The minimum atomic E-state index is -1.55. The van der Waals surface area contributed by atoms with Crippen molar-refractivity contribution in [2.75, 3.05) is 13.2 Å². The Balaban J connectivity index is 2.12. The SMILES string of the molecule is CC/C=C\C/C=C\C/C=C\C/C=C\CCCCCCCCCCCCCCCCCCC(=O)NC(COC1OC(CO)C(O)C(O)C1O)C(O)CCCCCCCCCCCCCCCCCCCCCCCCCCCC. The molecule has 78 heavy (non-hydrogen) atoms. The topological polar surface area (TPSA) is 149 Å². The van der Waals surface area contributed by atoms with Gasteiger partial charge in [-0.1, -0.05) is 319 Å². The lowest BCUT2D eigenvalue weighted by atomic mass is 9.99. The van der Waals surface area contributed by atoms with Gasteiger partial charge in [-0.2, -0.15) is 0 Å². The maximum atomic E-state index is 13.1. The van der Waals surface area contributed by atoms with Crippen LogP contribution in [0.1, 0.15) is 328 Å². The molecule has 9 heteroatoms. The Kier molecular flexibility index (Phi) is 55.5. The van der Waals surface area contributed by atoms with Crippen molar-refractivity contribution in [3.8, 4) is 0 Å². The Labute approximate surface area is 482 Å². The molecule has 7 unspecified atom stereocenters. The molecule has 0 saturated carbocycles. The number of aliphatic hydroxyl groups excluding tert-OH is 5. The number of rotatable bonds is 59. The zero-order valence-electron chi connectivity index (χ0n) is 51.2. The fourth-order valence-electron chi connectivity index (χ4n) is 10.9. The summed E-state index contributed by atoms with van der Waals surface area (Å²) in [6.07, 6.45) is 71.7. The lowest BCUT2D eigenvalue weighted by Gasteiger charge is -2.40. The van der Waals surface area contributed by atoms with Gasteiger partial charge in [-0.05, 0) is 51.4 Å². The second kappa shape index (κ2) is 58.4. The molecule has 6 N–H and O–H groups in total. The molecule has 458 valence electrons. The molecule has 1 aliphatic heterocycles. The number of ether oxygens (including phenoxy) is 2. The minimum absolute atomic E-state index is 0.136. The van der Waals surface area contributed by atoms with Crippen molar-refractivity contribution in [2.24, 2.45) is 0 Å². The number of amides is 1. The summed E-state index contributed by atoms with van der Waals surface area (Å²) >= 11 is 0. The molecule has 0 aromatic carbocycles. The van der Waals surface area contributed by atoms with E-state index >= 15 is 0 Å². The lowest BCUT2D eigenvalue weighted by molar-refractivity contribution is -0.302. The van der Waals surface area contributed by atoms with Crippen LogP contribution in [0, 0.1) is 0 Å². The Hall–Kier alpha value is -1.85. The van der Waals surface area contributed by atoms with Gasteiger partial charge in [0.15, 0.2) is 6.29 Å². The summed E-state index contributed by atoms with van der Waals surface area (Å²) < 4.78 is 11.4. The Morgan fingerprint density at radius 1 is 0.449 bits per heavy atom. The zero-order valence-corrected chi connectivity index (χ0v) is 51.2. The van der Waals surface area contributed by atoms with E-state index < -0.39 is 49.5 Å². The van der Waals surface area contributed by atoms with Gasteiger partial charge in [-0.25, -0.2) is 0 Å². The summed E-state index contributed by atoms with van der Waals surface area (Å²) in [6, 6.07) is -0.721. The maximum Gasteiger partial charge on any atom is 0.220 e. The summed E-state index contributed by atoms with van der Waals surface area (Å²) in [7, 11) is 0. The summed E-state index contributed by atoms with van der Waals surface area (Å²) in [6.45, 7) is 3.77. The number of allylic oxidation sites excluding steroid dienone is 8. The van der Waals surface area contributed by atoms with E-state index in [0.29, 0.717) is 12.8 Å². The smallest absolute Gasteiger partial charge is 0.220 e. The van der Waals surface area contributed by atoms with Crippen molar-refractivity contribution in [3.05, 3.63) is 48.6 Å². The molecule has 0 spiro atoms. The average Bonchev–Trinajstić information content (AvgIpc) is 3.45. The van der Waals surface area contributed by atoms with Gasteiger partial charge in [-0.15, -0.1) is 0 Å². The van der Waals surface area contributed by atoms with Crippen LogP contribution in [0.25, 0.3) is 0 Å². The summed E-state index contributed by atoms with van der Waals surface area (Å²) in [5.41, 5.74) is 0. The summed E-state index contributed by atoms with van der Waals surface area (Å²) in [4.78, 5) is 13.1. The van der Waals surface area contributed by atoms with Crippen molar-refractivity contribution < 1.29 is 39.8 Å². The van der Waals surface area contributed by atoms with Crippen molar-refractivity contribution in [3.63, 3.8) is 0 Å². The van der Waals surface area contributed by atoms with Gasteiger partial charge in [0, 0.05) is 6.42 Å². The molecule has 0 bridgehead atoms. The van der Waals surface area contributed by atoms with Crippen LogP contribution in [-0.4, -0.2) is 87.5 Å². The standard InChI is InChI=1S/C69H129NO8/c1-3-5-7-9-11-13-15-17-19-21-23-25-27-29-31-32-33-35-37-39-41-43-45-47-49-51-53-55-57-59-65(73)70-62(61-77-69-68(76)67(75)66(74)64(60-71)78-69)63(72)58-56-54-52-50-48-46-44-42-40-38-36-34-30-28-26-24-22-20-18-16-14-12-10-8-6-4-2/h5,7,11,13,17,19,23,25,62-64,66-69,71-72,74-76H,3-4,6,8-10,12,14-16,18,20-22,24,26-61H2,1-2H3,(H,70,73)/b7-5-,13-11-,19-17-,25-23-. The summed E-state index contributed by atoms with van der Waals surface area (Å²) in [5.74, 6) is -0.140. The highest BCUT2D eigenvalue weighted by atomic mass is 16.7. The number of unbranched alkanes of at least 4 members (excludes halogenated alkanes) is 41. The van der Waals surface area contributed by atoms with Crippen LogP contribution in [0.4, 0.5) is 0 Å². The van der Waals surface area contributed by atoms with Crippen LogP contribution in [0.3, 0.4) is 0 Å². The predicted molar refractivity (Wildman–Crippen MR) is 332 cm³/mol. The maximum absolute atomic E-state index is 13.1. The van der Waals surface area contributed by atoms with Crippen molar-refractivity contribution >= 4 is 5.91 Å². The van der Waals surface area contributed by atoms with Crippen LogP contribution in [0.5, 0.6) is 0 Å². The van der Waals surface area contributed by atoms with Crippen LogP contribution >= 0.6 is 0 Å². The van der Waals surface area contributed by atoms with Gasteiger partial charge in [-0.3, -0.25) is 4.79 Å². The zero-order chi connectivity index (χ0) is 56.5. The molecular weight excluding hydrogens is 971 g/mol. The van der Waals surface area contributed by atoms with E-state index in [-0.39, 0.29) is 12.5 Å². The van der Waals surface area contributed by atoms with Crippen molar-refractivity contribution in [2.45, 2.75) is 371 Å². The minimum Gasteiger partial charge on any atom is -0.394 e. The first-order valence-electron chi connectivity index (χ1n) is 33.8. The van der Waals surface area contributed by atoms with Gasteiger partial charge in [0.25, 0.3) is 0 Å². The quantitative estimate of drug-likeness (QED) is 0.0261. The Bertz CT molecular complexity index is 1370. The number of carbonyl (C=O) groups excluding carboxylic acids is 1.